The van der Waals surface area contributed by atoms with Crippen molar-refractivity contribution >= 4 is 11.6 Å². The van der Waals surface area contributed by atoms with Crippen molar-refractivity contribution in [2.24, 2.45) is 0 Å². The Morgan fingerprint density at radius 1 is 1.05 bits per heavy atom. The number of halogens is 3. The fraction of sp³-hybridized carbons (Fsp3) is 0.250. The van der Waals surface area contributed by atoms with Crippen molar-refractivity contribution < 1.29 is 8.78 Å². The first kappa shape index (κ1) is 13.5. The molecule has 0 spiro atoms. The molecule has 1 fully saturated rings. The zero-order valence-corrected chi connectivity index (χ0v) is 11.6. The molecule has 0 aliphatic heterocycles. The standard InChI is InChI=1S/C16H14ClF2N/c17-11-2-1-10(9-20-13-4-5-13)14(7-11)15-8-12(18)3-6-16(15)19/h1-3,6-8,13,20H,4-5,9H2. The van der Waals surface area contributed by atoms with Crippen LogP contribution in [0.4, 0.5) is 8.78 Å². The first-order valence-electron chi connectivity index (χ1n) is 6.61. The Balaban J connectivity index is 2.00. The summed E-state index contributed by atoms with van der Waals surface area (Å²) >= 11 is 6.00. The van der Waals surface area contributed by atoms with Crippen LogP contribution < -0.4 is 5.32 Å². The van der Waals surface area contributed by atoms with E-state index in [1.165, 1.54) is 18.9 Å². The summed E-state index contributed by atoms with van der Waals surface area (Å²) in [5.74, 6) is -0.899. The highest BCUT2D eigenvalue weighted by atomic mass is 35.5. The van der Waals surface area contributed by atoms with Crippen LogP contribution in [-0.2, 0) is 6.54 Å². The van der Waals surface area contributed by atoms with E-state index in [9.17, 15) is 8.78 Å². The molecule has 104 valence electrons. The summed E-state index contributed by atoms with van der Waals surface area (Å²) in [6.07, 6.45) is 2.36. The van der Waals surface area contributed by atoms with Gasteiger partial charge in [-0.1, -0.05) is 17.7 Å². The van der Waals surface area contributed by atoms with Gasteiger partial charge >= 0.3 is 0 Å². The molecule has 1 aliphatic carbocycles. The summed E-state index contributed by atoms with van der Waals surface area (Å²) in [6, 6.07) is 9.33. The van der Waals surface area contributed by atoms with Crippen molar-refractivity contribution in [1.29, 1.82) is 0 Å². The highest BCUT2D eigenvalue weighted by Crippen LogP contribution is 2.30. The molecule has 2 aromatic carbocycles. The molecular weight excluding hydrogens is 280 g/mol. The Morgan fingerprint density at radius 3 is 2.60 bits per heavy atom. The summed E-state index contributed by atoms with van der Waals surface area (Å²) in [7, 11) is 0. The Kier molecular flexibility index (Phi) is 3.72. The monoisotopic (exact) mass is 293 g/mol. The smallest absolute Gasteiger partial charge is 0.131 e. The summed E-state index contributed by atoms with van der Waals surface area (Å²) in [6.45, 7) is 0.632. The Labute approximate surface area is 121 Å². The molecule has 4 heteroatoms. The van der Waals surface area contributed by atoms with E-state index in [4.69, 9.17) is 11.6 Å². The predicted molar refractivity (Wildman–Crippen MR) is 76.7 cm³/mol. The van der Waals surface area contributed by atoms with Gasteiger partial charge in [0.15, 0.2) is 0 Å². The average Bonchev–Trinajstić information content (AvgIpc) is 3.24. The third-order valence-electron chi connectivity index (χ3n) is 3.45. The minimum atomic E-state index is -0.456. The van der Waals surface area contributed by atoms with Crippen LogP contribution in [0.1, 0.15) is 18.4 Å². The number of hydrogen-bond donors (Lipinski definition) is 1. The molecule has 1 N–H and O–H groups in total. The van der Waals surface area contributed by atoms with E-state index in [0.717, 1.165) is 17.7 Å². The summed E-state index contributed by atoms with van der Waals surface area (Å²) < 4.78 is 27.3. The second-order valence-electron chi connectivity index (χ2n) is 5.08. The third-order valence-corrected chi connectivity index (χ3v) is 3.68. The lowest BCUT2D eigenvalue weighted by atomic mass is 9.99. The molecule has 20 heavy (non-hydrogen) atoms. The molecule has 0 atom stereocenters. The Hall–Kier alpha value is -1.45. The molecule has 0 heterocycles. The number of benzene rings is 2. The van der Waals surface area contributed by atoms with Crippen molar-refractivity contribution in [3.63, 3.8) is 0 Å². The van der Waals surface area contributed by atoms with Gasteiger partial charge in [0, 0.05) is 23.2 Å². The highest BCUT2D eigenvalue weighted by molar-refractivity contribution is 6.30. The van der Waals surface area contributed by atoms with Gasteiger partial charge in [0.25, 0.3) is 0 Å². The minimum Gasteiger partial charge on any atom is -0.310 e. The van der Waals surface area contributed by atoms with Crippen molar-refractivity contribution in [3.8, 4) is 11.1 Å². The van der Waals surface area contributed by atoms with E-state index < -0.39 is 11.6 Å². The van der Waals surface area contributed by atoms with Crippen molar-refractivity contribution in [1.82, 2.24) is 5.32 Å². The van der Waals surface area contributed by atoms with E-state index >= 15 is 0 Å². The average molecular weight is 294 g/mol. The molecule has 2 aromatic rings. The van der Waals surface area contributed by atoms with Crippen LogP contribution in [0.25, 0.3) is 11.1 Å². The van der Waals surface area contributed by atoms with E-state index in [0.29, 0.717) is 23.2 Å². The molecule has 0 radical (unpaired) electrons. The SMILES string of the molecule is Fc1ccc(F)c(-c2cc(Cl)ccc2CNC2CC2)c1. The van der Waals surface area contributed by atoms with Gasteiger partial charge in [-0.05, 0) is 54.3 Å². The van der Waals surface area contributed by atoms with Gasteiger partial charge in [0.05, 0.1) is 0 Å². The minimum absolute atomic E-state index is 0.250. The maximum absolute atomic E-state index is 13.9. The quantitative estimate of drug-likeness (QED) is 0.873. The lowest BCUT2D eigenvalue weighted by molar-refractivity contribution is 0.602. The molecule has 1 saturated carbocycles. The molecule has 1 nitrogen and oxygen atoms in total. The van der Waals surface area contributed by atoms with Gasteiger partial charge in [-0.2, -0.15) is 0 Å². The maximum Gasteiger partial charge on any atom is 0.131 e. The highest BCUT2D eigenvalue weighted by Gasteiger charge is 2.21. The maximum atomic E-state index is 13.9. The van der Waals surface area contributed by atoms with Gasteiger partial charge in [0.1, 0.15) is 11.6 Å². The van der Waals surface area contributed by atoms with Crippen molar-refractivity contribution in [2.45, 2.75) is 25.4 Å². The van der Waals surface area contributed by atoms with Gasteiger partial charge in [0.2, 0.25) is 0 Å². The topological polar surface area (TPSA) is 12.0 Å². The summed E-state index contributed by atoms with van der Waals surface area (Å²) in [5, 5.41) is 3.89. The second kappa shape index (κ2) is 5.51. The Bertz CT molecular complexity index is 638. The van der Waals surface area contributed by atoms with Crippen LogP contribution in [-0.4, -0.2) is 6.04 Å². The van der Waals surface area contributed by atoms with Gasteiger partial charge in [-0.15, -0.1) is 0 Å². The molecule has 0 aromatic heterocycles. The fourth-order valence-corrected chi connectivity index (χ4v) is 2.37. The molecule has 0 saturated heterocycles. The first-order valence-corrected chi connectivity index (χ1v) is 6.98. The summed E-state index contributed by atoms with van der Waals surface area (Å²) in [4.78, 5) is 0. The second-order valence-corrected chi connectivity index (χ2v) is 5.52. The lowest BCUT2D eigenvalue weighted by Crippen LogP contribution is -2.16. The van der Waals surface area contributed by atoms with E-state index in [1.807, 2.05) is 6.07 Å². The Morgan fingerprint density at radius 2 is 1.85 bits per heavy atom. The normalized spacial score (nSPS) is 14.6. The number of nitrogens with one attached hydrogen (secondary N) is 1. The van der Waals surface area contributed by atoms with Crippen LogP contribution in [0.3, 0.4) is 0 Å². The fourth-order valence-electron chi connectivity index (χ4n) is 2.20. The largest absolute Gasteiger partial charge is 0.310 e. The van der Waals surface area contributed by atoms with Gasteiger partial charge in [-0.3, -0.25) is 0 Å². The molecule has 1 aliphatic rings. The molecule has 0 bridgehead atoms. The van der Waals surface area contributed by atoms with Crippen LogP contribution >= 0.6 is 11.6 Å². The third kappa shape index (κ3) is 3.00. The van der Waals surface area contributed by atoms with Crippen LogP contribution in [0.5, 0.6) is 0 Å². The van der Waals surface area contributed by atoms with Crippen LogP contribution in [0.15, 0.2) is 36.4 Å². The molecule has 0 unspecified atom stereocenters. The zero-order valence-electron chi connectivity index (χ0n) is 10.8. The predicted octanol–water partition coefficient (Wildman–Crippen LogP) is 4.54. The van der Waals surface area contributed by atoms with E-state index in [2.05, 4.69) is 5.32 Å². The number of rotatable bonds is 4. The number of hydrogen-bond acceptors (Lipinski definition) is 1. The first-order chi connectivity index (χ1) is 9.63. The lowest BCUT2D eigenvalue weighted by Gasteiger charge is -2.12. The zero-order chi connectivity index (χ0) is 14.1. The molecular formula is C16H14ClF2N. The van der Waals surface area contributed by atoms with Crippen LogP contribution in [0.2, 0.25) is 5.02 Å². The van der Waals surface area contributed by atoms with Crippen molar-refractivity contribution in [2.75, 3.05) is 0 Å². The summed E-state index contributed by atoms with van der Waals surface area (Å²) in [5.41, 5.74) is 1.81. The van der Waals surface area contributed by atoms with Gasteiger partial charge < -0.3 is 5.32 Å². The molecule has 0 amide bonds. The molecule has 3 rings (SSSR count). The van der Waals surface area contributed by atoms with Crippen molar-refractivity contribution in [3.05, 3.63) is 58.6 Å². The van der Waals surface area contributed by atoms with E-state index in [-0.39, 0.29) is 5.56 Å². The van der Waals surface area contributed by atoms with Crippen LogP contribution in [0, 0.1) is 11.6 Å². The van der Waals surface area contributed by atoms with Gasteiger partial charge in [-0.25, -0.2) is 8.78 Å². The van der Waals surface area contributed by atoms with E-state index in [1.54, 1.807) is 12.1 Å².